The van der Waals surface area contributed by atoms with Gasteiger partial charge in [-0.15, -0.1) is 0 Å². The second kappa shape index (κ2) is 2.81. The Kier molecular flexibility index (Phi) is 1.69. The topological polar surface area (TPSA) is 33.6 Å². The van der Waals surface area contributed by atoms with Crippen molar-refractivity contribution in [3.05, 3.63) is 22.1 Å². The number of fused-ring (bicyclic) bond motifs is 1. The van der Waals surface area contributed by atoms with E-state index in [9.17, 15) is 0 Å². The quantitative estimate of drug-likeness (QED) is 0.757. The monoisotopic (exact) mass is 225 g/mol. The van der Waals surface area contributed by atoms with Crippen LogP contribution < -0.4 is 0 Å². The van der Waals surface area contributed by atoms with Crippen molar-refractivity contribution in [2.75, 3.05) is 0 Å². The van der Waals surface area contributed by atoms with Crippen LogP contribution in [0.2, 0.25) is 5.02 Å². The third kappa shape index (κ3) is 1.11. The molecule has 14 heavy (non-hydrogen) atoms. The third-order valence-electron chi connectivity index (χ3n) is 2.47. The Bertz CT molecular complexity index is 553. The first-order valence-corrected chi connectivity index (χ1v) is 5.31. The molecular weight excluding hydrogens is 218 g/mol. The molecule has 0 radical (unpaired) electrons. The Morgan fingerprint density at radius 3 is 3.07 bits per heavy atom. The van der Waals surface area contributed by atoms with Crippen LogP contribution in [0, 0.1) is 4.77 Å². The van der Waals surface area contributed by atoms with Crippen LogP contribution in [-0.2, 0) is 0 Å². The zero-order valence-corrected chi connectivity index (χ0v) is 8.90. The largest absolute Gasteiger partial charge is 0.328 e. The fourth-order valence-corrected chi connectivity index (χ4v) is 2.19. The number of imidazole rings is 1. The molecule has 1 aliphatic rings. The van der Waals surface area contributed by atoms with Crippen LogP contribution in [-0.4, -0.2) is 14.5 Å². The normalized spacial score (nSPS) is 16.4. The van der Waals surface area contributed by atoms with E-state index in [-0.39, 0.29) is 0 Å². The van der Waals surface area contributed by atoms with Gasteiger partial charge in [-0.3, -0.25) is 4.57 Å². The lowest BCUT2D eigenvalue weighted by Gasteiger charge is -1.99. The number of hydrogen-bond acceptors (Lipinski definition) is 2. The van der Waals surface area contributed by atoms with Gasteiger partial charge in [0.25, 0.3) is 0 Å². The van der Waals surface area contributed by atoms with Crippen molar-refractivity contribution in [1.29, 1.82) is 0 Å². The van der Waals surface area contributed by atoms with Gasteiger partial charge in [0.1, 0.15) is 5.52 Å². The lowest BCUT2D eigenvalue weighted by molar-refractivity contribution is 0.745. The number of H-pyrrole nitrogens is 1. The Morgan fingerprint density at radius 2 is 2.36 bits per heavy atom. The highest BCUT2D eigenvalue weighted by Crippen LogP contribution is 2.37. The van der Waals surface area contributed by atoms with E-state index in [0.717, 1.165) is 15.9 Å². The van der Waals surface area contributed by atoms with Gasteiger partial charge in [-0.25, -0.2) is 4.98 Å². The molecule has 1 fully saturated rings. The van der Waals surface area contributed by atoms with Gasteiger partial charge >= 0.3 is 0 Å². The molecule has 0 spiro atoms. The number of halogens is 1. The van der Waals surface area contributed by atoms with Crippen LogP contribution in [0.15, 0.2) is 12.3 Å². The van der Waals surface area contributed by atoms with Crippen LogP contribution in [0.4, 0.5) is 0 Å². The molecule has 3 rings (SSSR count). The van der Waals surface area contributed by atoms with E-state index < -0.39 is 0 Å². The number of nitrogens with zero attached hydrogens (tertiary/aromatic N) is 2. The van der Waals surface area contributed by atoms with Gasteiger partial charge < -0.3 is 4.98 Å². The Morgan fingerprint density at radius 1 is 1.57 bits per heavy atom. The van der Waals surface area contributed by atoms with E-state index in [1.54, 1.807) is 12.3 Å². The van der Waals surface area contributed by atoms with Crippen molar-refractivity contribution in [2.24, 2.45) is 0 Å². The van der Waals surface area contributed by atoms with Crippen molar-refractivity contribution in [2.45, 2.75) is 18.9 Å². The van der Waals surface area contributed by atoms with Crippen molar-refractivity contribution in [3.63, 3.8) is 0 Å². The van der Waals surface area contributed by atoms with Gasteiger partial charge in [-0.05, 0) is 31.1 Å². The van der Waals surface area contributed by atoms with Gasteiger partial charge in [0.05, 0.1) is 5.02 Å². The first-order chi connectivity index (χ1) is 6.77. The molecule has 1 aliphatic carbocycles. The molecule has 72 valence electrons. The third-order valence-corrected chi connectivity index (χ3v) is 3.08. The molecule has 1 saturated carbocycles. The molecule has 0 aromatic carbocycles. The maximum atomic E-state index is 6.04. The lowest BCUT2D eigenvalue weighted by Crippen LogP contribution is -1.94. The molecular formula is C9H8ClN3S. The SMILES string of the molecule is S=c1[nH]c2c(Cl)ccnc2n1C1CC1. The van der Waals surface area contributed by atoms with Crippen LogP contribution in [0.1, 0.15) is 18.9 Å². The van der Waals surface area contributed by atoms with Crippen molar-refractivity contribution < 1.29 is 0 Å². The number of pyridine rings is 1. The molecule has 3 nitrogen and oxygen atoms in total. The lowest BCUT2D eigenvalue weighted by atomic mass is 10.4. The molecule has 2 heterocycles. The zero-order chi connectivity index (χ0) is 9.71. The first kappa shape index (κ1) is 8.44. The molecule has 2 aromatic heterocycles. The summed E-state index contributed by atoms with van der Waals surface area (Å²) >= 11 is 11.3. The van der Waals surface area contributed by atoms with Gasteiger partial charge in [0.15, 0.2) is 10.4 Å². The number of hydrogen-bond donors (Lipinski definition) is 1. The van der Waals surface area contributed by atoms with E-state index in [2.05, 4.69) is 14.5 Å². The summed E-state index contributed by atoms with van der Waals surface area (Å²) in [5.74, 6) is 0. The fraction of sp³-hybridized carbons (Fsp3) is 0.333. The van der Waals surface area contributed by atoms with Crippen molar-refractivity contribution in [1.82, 2.24) is 14.5 Å². The summed E-state index contributed by atoms with van der Waals surface area (Å²) in [4.78, 5) is 7.40. The molecule has 0 saturated heterocycles. The molecule has 0 amide bonds. The fourth-order valence-electron chi connectivity index (χ4n) is 1.66. The number of aromatic amines is 1. The smallest absolute Gasteiger partial charge is 0.179 e. The molecule has 0 unspecified atom stereocenters. The Labute approximate surface area is 90.7 Å². The first-order valence-electron chi connectivity index (χ1n) is 4.52. The van der Waals surface area contributed by atoms with Crippen LogP contribution in [0.25, 0.3) is 11.2 Å². The Balaban J connectivity index is 2.43. The van der Waals surface area contributed by atoms with Crippen LogP contribution >= 0.6 is 23.8 Å². The van der Waals surface area contributed by atoms with E-state index in [0.29, 0.717) is 11.1 Å². The highest BCUT2D eigenvalue weighted by Gasteiger charge is 2.26. The van der Waals surface area contributed by atoms with E-state index in [1.807, 2.05) is 0 Å². The minimum Gasteiger partial charge on any atom is -0.328 e. The van der Waals surface area contributed by atoms with Crippen molar-refractivity contribution >= 4 is 35.0 Å². The summed E-state index contributed by atoms with van der Waals surface area (Å²) < 4.78 is 2.79. The second-order valence-electron chi connectivity index (χ2n) is 3.52. The maximum absolute atomic E-state index is 6.04. The molecule has 0 aliphatic heterocycles. The predicted molar refractivity (Wildman–Crippen MR) is 58.2 cm³/mol. The minimum absolute atomic E-state index is 0.530. The standard InChI is InChI=1S/C9H8ClN3S/c10-6-3-4-11-8-7(6)12-9(14)13(8)5-1-2-5/h3-5H,1-2H2,(H,12,14). The molecule has 1 N–H and O–H groups in total. The number of aromatic nitrogens is 3. The number of rotatable bonds is 1. The summed E-state index contributed by atoms with van der Waals surface area (Å²) in [6, 6.07) is 2.30. The minimum atomic E-state index is 0.530. The highest BCUT2D eigenvalue weighted by molar-refractivity contribution is 7.71. The second-order valence-corrected chi connectivity index (χ2v) is 4.32. The predicted octanol–water partition coefficient (Wildman–Crippen LogP) is 3.08. The average molecular weight is 226 g/mol. The Hall–Kier alpha value is -0.870. The summed E-state index contributed by atoms with van der Waals surface area (Å²) in [5, 5.41) is 0.681. The zero-order valence-electron chi connectivity index (χ0n) is 7.33. The average Bonchev–Trinajstić information content (AvgIpc) is 2.91. The summed E-state index contributed by atoms with van der Waals surface area (Å²) in [6.45, 7) is 0. The van der Waals surface area contributed by atoms with Gasteiger partial charge in [0, 0.05) is 12.2 Å². The van der Waals surface area contributed by atoms with Crippen LogP contribution in [0.3, 0.4) is 0 Å². The van der Waals surface area contributed by atoms with Gasteiger partial charge in [-0.1, -0.05) is 11.6 Å². The van der Waals surface area contributed by atoms with E-state index in [4.69, 9.17) is 23.8 Å². The van der Waals surface area contributed by atoms with Gasteiger partial charge in [0.2, 0.25) is 0 Å². The highest BCUT2D eigenvalue weighted by atomic mass is 35.5. The molecule has 0 bridgehead atoms. The van der Waals surface area contributed by atoms with E-state index >= 15 is 0 Å². The van der Waals surface area contributed by atoms with E-state index in [1.165, 1.54) is 12.8 Å². The summed E-state index contributed by atoms with van der Waals surface area (Å²) in [6.07, 6.45) is 4.09. The van der Waals surface area contributed by atoms with Crippen molar-refractivity contribution in [3.8, 4) is 0 Å². The molecule has 2 aromatic rings. The molecule has 0 atom stereocenters. The van der Waals surface area contributed by atoms with Gasteiger partial charge in [-0.2, -0.15) is 0 Å². The maximum Gasteiger partial charge on any atom is 0.179 e. The van der Waals surface area contributed by atoms with Crippen LogP contribution in [0.5, 0.6) is 0 Å². The molecule has 5 heteroatoms. The summed E-state index contributed by atoms with van der Waals surface area (Å²) in [7, 11) is 0. The number of nitrogens with one attached hydrogen (secondary N) is 1. The summed E-state index contributed by atoms with van der Waals surface area (Å²) in [5.41, 5.74) is 1.73.